The monoisotopic (exact) mass is 289 g/mol. The highest BCUT2D eigenvalue weighted by molar-refractivity contribution is 5.99. The van der Waals surface area contributed by atoms with Crippen molar-refractivity contribution in [2.75, 3.05) is 38.1 Å². The van der Waals surface area contributed by atoms with Gasteiger partial charge >= 0.3 is 0 Å². The number of nitrogens with one attached hydrogen (secondary N) is 2. The van der Waals surface area contributed by atoms with Crippen LogP contribution in [0.25, 0.3) is 0 Å². The summed E-state index contributed by atoms with van der Waals surface area (Å²) < 4.78 is 5.67. The van der Waals surface area contributed by atoms with Gasteiger partial charge in [0.05, 0.1) is 11.3 Å². The van der Waals surface area contributed by atoms with Crippen molar-refractivity contribution in [1.29, 1.82) is 0 Å². The number of likely N-dealkylation sites (tertiary alicyclic amines) is 1. The number of carbonyl (C=O) groups excluding carboxylic acids is 1. The maximum atomic E-state index is 12.5. The minimum atomic E-state index is -0.0292. The molecule has 1 saturated heterocycles. The maximum absolute atomic E-state index is 12.5. The first-order valence-electron chi connectivity index (χ1n) is 7.81. The van der Waals surface area contributed by atoms with E-state index in [1.54, 1.807) is 0 Å². The molecule has 114 valence electrons. The molecule has 1 atom stereocenters. The molecular formula is C16H23N3O2. The van der Waals surface area contributed by atoms with Crippen LogP contribution in [0.3, 0.4) is 0 Å². The quantitative estimate of drug-likeness (QED) is 0.889. The highest BCUT2D eigenvalue weighted by Gasteiger charge is 2.24. The number of ether oxygens (including phenoxy) is 1. The minimum Gasteiger partial charge on any atom is -0.489 e. The van der Waals surface area contributed by atoms with Crippen LogP contribution in [0.4, 0.5) is 5.69 Å². The number of amides is 1. The molecule has 0 aliphatic carbocycles. The van der Waals surface area contributed by atoms with Crippen molar-refractivity contribution in [2.24, 2.45) is 0 Å². The third kappa shape index (κ3) is 3.13. The van der Waals surface area contributed by atoms with Crippen molar-refractivity contribution < 1.29 is 9.53 Å². The molecule has 21 heavy (non-hydrogen) atoms. The van der Waals surface area contributed by atoms with Gasteiger partial charge in [-0.05, 0) is 38.1 Å². The number of carbonyl (C=O) groups is 1. The number of nitrogens with zero attached hydrogens (tertiary/aromatic N) is 1. The fraction of sp³-hybridized carbons (Fsp3) is 0.562. The van der Waals surface area contributed by atoms with Crippen LogP contribution in [0, 0.1) is 0 Å². The fourth-order valence-corrected chi connectivity index (χ4v) is 3.07. The molecular weight excluding hydrogens is 266 g/mol. The van der Waals surface area contributed by atoms with Gasteiger partial charge in [-0.25, -0.2) is 0 Å². The summed E-state index contributed by atoms with van der Waals surface area (Å²) in [6.45, 7) is 6.67. The van der Waals surface area contributed by atoms with Crippen molar-refractivity contribution >= 4 is 11.6 Å². The summed E-state index contributed by atoms with van der Waals surface area (Å²) in [4.78, 5) is 14.9. The molecule has 2 aliphatic heterocycles. The summed E-state index contributed by atoms with van der Waals surface area (Å²) in [6.07, 6.45) is 2.19. The van der Waals surface area contributed by atoms with E-state index in [1.807, 2.05) is 18.2 Å². The van der Waals surface area contributed by atoms with Crippen LogP contribution >= 0.6 is 0 Å². The van der Waals surface area contributed by atoms with Crippen LogP contribution in [0.2, 0.25) is 0 Å². The molecule has 0 radical (unpaired) electrons. The summed E-state index contributed by atoms with van der Waals surface area (Å²) in [5.41, 5.74) is 1.54. The number of benzene rings is 1. The summed E-state index contributed by atoms with van der Waals surface area (Å²) in [6, 6.07) is 5.92. The lowest BCUT2D eigenvalue weighted by molar-refractivity contribution is 0.0902. The van der Waals surface area contributed by atoms with Gasteiger partial charge in [-0.1, -0.05) is 13.0 Å². The van der Waals surface area contributed by atoms with Gasteiger partial charge in [0.25, 0.3) is 5.91 Å². The Kier molecular flexibility index (Phi) is 4.29. The Hall–Kier alpha value is -1.75. The van der Waals surface area contributed by atoms with E-state index >= 15 is 0 Å². The Morgan fingerprint density at radius 2 is 2.43 bits per heavy atom. The van der Waals surface area contributed by atoms with Crippen LogP contribution in [0.5, 0.6) is 5.75 Å². The molecule has 1 amide bonds. The Morgan fingerprint density at radius 1 is 1.52 bits per heavy atom. The van der Waals surface area contributed by atoms with Gasteiger partial charge < -0.3 is 20.3 Å². The zero-order chi connectivity index (χ0) is 14.7. The SMILES string of the molecule is CCN1CCCC(NC(=O)c2cccc3c2OCCN3)C1. The molecule has 5 nitrogen and oxygen atoms in total. The van der Waals surface area contributed by atoms with E-state index in [2.05, 4.69) is 22.5 Å². The zero-order valence-electron chi connectivity index (χ0n) is 12.5. The van der Waals surface area contributed by atoms with E-state index in [1.165, 1.54) is 0 Å². The summed E-state index contributed by atoms with van der Waals surface area (Å²) in [5.74, 6) is 0.655. The third-order valence-electron chi connectivity index (χ3n) is 4.21. The Balaban J connectivity index is 1.71. The Morgan fingerprint density at radius 3 is 3.29 bits per heavy atom. The second-order valence-electron chi connectivity index (χ2n) is 5.66. The average molecular weight is 289 g/mol. The van der Waals surface area contributed by atoms with Gasteiger partial charge in [0.2, 0.25) is 0 Å². The van der Waals surface area contributed by atoms with Gasteiger partial charge in [-0.3, -0.25) is 4.79 Å². The number of fused-ring (bicyclic) bond motifs is 1. The van der Waals surface area contributed by atoms with Crippen molar-refractivity contribution in [3.05, 3.63) is 23.8 Å². The predicted molar refractivity (Wildman–Crippen MR) is 83.0 cm³/mol. The number of piperidine rings is 1. The van der Waals surface area contributed by atoms with E-state index in [0.29, 0.717) is 17.9 Å². The van der Waals surface area contributed by atoms with Gasteiger partial charge in [0.1, 0.15) is 6.61 Å². The minimum absolute atomic E-state index is 0.0292. The van der Waals surface area contributed by atoms with Crippen molar-refractivity contribution in [1.82, 2.24) is 10.2 Å². The summed E-state index contributed by atoms with van der Waals surface area (Å²) >= 11 is 0. The summed E-state index contributed by atoms with van der Waals surface area (Å²) in [7, 11) is 0. The Labute approximate surface area is 125 Å². The first-order valence-corrected chi connectivity index (χ1v) is 7.81. The lowest BCUT2D eigenvalue weighted by Gasteiger charge is -2.32. The molecule has 1 aromatic rings. The second kappa shape index (κ2) is 6.35. The number of para-hydroxylation sites is 1. The lowest BCUT2D eigenvalue weighted by atomic mass is 10.0. The van der Waals surface area contributed by atoms with Gasteiger partial charge in [0.15, 0.2) is 5.75 Å². The molecule has 0 aromatic heterocycles. The predicted octanol–water partition coefficient (Wildman–Crippen LogP) is 1.70. The standard InChI is InChI=1S/C16H23N3O2/c1-2-19-9-4-5-12(11-19)18-16(20)13-6-3-7-14-15(13)21-10-8-17-14/h3,6-7,12,17H,2,4-5,8-11H2,1H3,(H,18,20). The van der Waals surface area contributed by atoms with E-state index in [9.17, 15) is 4.79 Å². The van der Waals surface area contributed by atoms with Crippen LogP contribution in [-0.2, 0) is 0 Å². The number of hydrogen-bond acceptors (Lipinski definition) is 4. The summed E-state index contributed by atoms with van der Waals surface area (Å²) in [5, 5.41) is 6.43. The van der Waals surface area contributed by atoms with Crippen LogP contribution < -0.4 is 15.4 Å². The maximum Gasteiger partial charge on any atom is 0.255 e. The smallest absolute Gasteiger partial charge is 0.255 e. The van der Waals surface area contributed by atoms with E-state index < -0.39 is 0 Å². The van der Waals surface area contributed by atoms with Crippen LogP contribution in [0.15, 0.2) is 18.2 Å². The van der Waals surface area contributed by atoms with Gasteiger partial charge in [0, 0.05) is 19.1 Å². The largest absolute Gasteiger partial charge is 0.489 e. The van der Waals surface area contributed by atoms with Crippen LogP contribution in [-0.4, -0.2) is 49.6 Å². The molecule has 0 saturated carbocycles. The van der Waals surface area contributed by atoms with E-state index in [-0.39, 0.29) is 11.9 Å². The first-order chi connectivity index (χ1) is 10.3. The zero-order valence-corrected chi connectivity index (χ0v) is 12.5. The average Bonchev–Trinajstić information content (AvgIpc) is 2.54. The molecule has 1 aromatic carbocycles. The number of likely N-dealkylation sites (N-methyl/N-ethyl adjacent to an activating group) is 1. The molecule has 1 fully saturated rings. The molecule has 2 N–H and O–H groups in total. The number of rotatable bonds is 3. The normalized spacial score (nSPS) is 21.9. The number of hydrogen-bond donors (Lipinski definition) is 2. The Bertz CT molecular complexity index is 518. The van der Waals surface area contributed by atoms with Crippen molar-refractivity contribution in [3.8, 4) is 5.75 Å². The highest BCUT2D eigenvalue weighted by atomic mass is 16.5. The topological polar surface area (TPSA) is 53.6 Å². The molecule has 3 rings (SSSR count). The van der Waals surface area contributed by atoms with Gasteiger partial charge in [-0.15, -0.1) is 0 Å². The molecule has 2 heterocycles. The highest BCUT2D eigenvalue weighted by Crippen LogP contribution is 2.31. The number of anilines is 1. The van der Waals surface area contributed by atoms with E-state index in [0.717, 1.165) is 44.7 Å². The van der Waals surface area contributed by atoms with Gasteiger partial charge in [-0.2, -0.15) is 0 Å². The van der Waals surface area contributed by atoms with Crippen molar-refractivity contribution in [3.63, 3.8) is 0 Å². The lowest BCUT2D eigenvalue weighted by Crippen LogP contribution is -2.47. The molecule has 1 unspecified atom stereocenters. The van der Waals surface area contributed by atoms with E-state index in [4.69, 9.17) is 4.74 Å². The van der Waals surface area contributed by atoms with Crippen molar-refractivity contribution in [2.45, 2.75) is 25.8 Å². The molecule has 5 heteroatoms. The molecule has 0 bridgehead atoms. The molecule has 2 aliphatic rings. The first kappa shape index (κ1) is 14.2. The van der Waals surface area contributed by atoms with Crippen LogP contribution in [0.1, 0.15) is 30.1 Å². The third-order valence-corrected chi connectivity index (χ3v) is 4.21. The fourth-order valence-electron chi connectivity index (χ4n) is 3.07. The second-order valence-corrected chi connectivity index (χ2v) is 5.66. The molecule has 0 spiro atoms.